The van der Waals surface area contributed by atoms with Crippen molar-refractivity contribution in [2.75, 3.05) is 11.9 Å². The van der Waals surface area contributed by atoms with Crippen molar-refractivity contribution in [3.8, 4) is 0 Å². The molecule has 0 unspecified atom stereocenters. The number of amides is 2. The number of pyridine rings is 1. The molecule has 2 amide bonds. The quantitative estimate of drug-likeness (QED) is 0.852. The molecule has 0 aliphatic heterocycles. The van der Waals surface area contributed by atoms with Crippen molar-refractivity contribution >= 4 is 17.5 Å². The second-order valence-corrected chi connectivity index (χ2v) is 6.82. The summed E-state index contributed by atoms with van der Waals surface area (Å²) in [4.78, 5) is 30.9. The van der Waals surface area contributed by atoms with E-state index in [9.17, 15) is 9.59 Å². The number of aromatic nitrogens is 1. The fourth-order valence-corrected chi connectivity index (χ4v) is 3.34. The number of rotatable bonds is 4. The molecule has 1 saturated carbocycles. The average Bonchev–Trinajstić information content (AvgIpc) is 2.96. The second-order valence-electron chi connectivity index (χ2n) is 6.82. The fourth-order valence-electron chi connectivity index (χ4n) is 3.34. The van der Waals surface area contributed by atoms with Gasteiger partial charge in [-0.05, 0) is 31.0 Å². The SMILES string of the molecule is CN(C(=O)c1cncc(C(=O)NC2CCCCCC2)c1)c1ccccc1. The van der Waals surface area contributed by atoms with Crippen LogP contribution in [0.1, 0.15) is 59.2 Å². The molecular weight excluding hydrogens is 326 g/mol. The van der Waals surface area contributed by atoms with Gasteiger partial charge in [-0.1, -0.05) is 43.9 Å². The number of carbonyl (C=O) groups is 2. The van der Waals surface area contributed by atoms with Crippen molar-refractivity contribution in [1.82, 2.24) is 10.3 Å². The summed E-state index contributed by atoms with van der Waals surface area (Å²) in [6.45, 7) is 0. The smallest absolute Gasteiger partial charge is 0.259 e. The zero-order valence-electron chi connectivity index (χ0n) is 15.1. The number of hydrogen-bond donors (Lipinski definition) is 1. The van der Waals surface area contributed by atoms with Gasteiger partial charge >= 0.3 is 0 Å². The van der Waals surface area contributed by atoms with Crippen LogP contribution in [0.25, 0.3) is 0 Å². The van der Waals surface area contributed by atoms with Gasteiger partial charge in [0.05, 0.1) is 11.1 Å². The van der Waals surface area contributed by atoms with E-state index in [0.29, 0.717) is 11.1 Å². The number of carbonyl (C=O) groups excluding carboxylic acids is 2. The molecule has 0 spiro atoms. The van der Waals surface area contributed by atoms with Crippen LogP contribution in [-0.4, -0.2) is 29.9 Å². The first-order valence-corrected chi connectivity index (χ1v) is 9.24. The maximum Gasteiger partial charge on any atom is 0.259 e. The van der Waals surface area contributed by atoms with Gasteiger partial charge in [0.2, 0.25) is 0 Å². The van der Waals surface area contributed by atoms with E-state index >= 15 is 0 Å². The maximum absolute atomic E-state index is 12.7. The molecule has 2 aromatic rings. The topological polar surface area (TPSA) is 62.3 Å². The molecule has 1 aliphatic rings. The van der Waals surface area contributed by atoms with Gasteiger partial charge in [0.1, 0.15) is 0 Å². The lowest BCUT2D eigenvalue weighted by Gasteiger charge is -2.18. The van der Waals surface area contributed by atoms with E-state index in [1.54, 1.807) is 18.0 Å². The molecule has 0 saturated heterocycles. The van der Waals surface area contributed by atoms with E-state index in [0.717, 1.165) is 31.4 Å². The Hall–Kier alpha value is -2.69. The molecule has 0 atom stereocenters. The number of hydrogen-bond acceptors (Lipinski definition) is 3. The summed E-state index contributed by atoms with van der Waals surface area (Å²) in [6.07, 6.45) is 9.86. The van der Waals surface area contributed by atoms with Crippen molar-refractivity contribution in [1.29, 1.82) is 0 Å². The minimum Gasteiger partial charge on any atom is -0.349 e. The third kappa shape index (κ3) is 4.48. The molecule has 26 heavy (non-hydrogen) atoms. The summed E-state index contributed by atoms with van der Waals surface area (Å²) in [6, 6.07) is 11.3. The molecule has 1 aliphatic carbocycles. The van der Waals surface area contributed by atoms with E-state index in [1.165, 1.54) is 25.2 Å². The predicted octanol–water partition coefficient (Wildman–Crippen LogP) is 3.81. The highest BCUT2D eigenvalue weighted by Gasteiger charge is 2.19. The van der Waals surface area contributed by atoms with Crippen LogP contribution in [0, 0.1) is 0 Å². The summed E-state index contributed by atoms with van der Waals surface area (Å²) >= 11 is 0. The number of anilines is 1. The maximum atomic E-state index is 12.7. The summed E-state index contributed by atoms with van der Waals surface area (Å²) in [5, 5.41) is 3.10. The fraction of sp³-hybridized carbons (Fsp3) is 0.381. The molecule has 1 aromatic carbocycles. The average molecular weight is 351 g/mol. The van der Waals surface area contributed by atoms with Gasteiger partial charge < -0.3 is 10.2 Å². The Morgan fingerprint density at radius 2 is 1.65 bits per heavy atom. The Morgan fingerprint density at radius 1 is 1.00 bits per heavy atom. The third-order valence-electron chi connectivity index (χ3n) is 4.89. The van der Waals surface area contributed by atoms with Crippen LogP contribution in [0.5, 0.6) is 0 Å². The van der Waals surface area contributed by atoms with Gasteiger partial charge in [-0.25, -0.2) is 0 Å². The van der Waals surface area contributed by atoms with Gasteiger partial charge in [-0.2, -0.15) is 0 Å². The summed E-state index contributed by atoms with van der Waals surface area (Å²) in [5.41, 5.74) is 1.64. The lowest BCUT2D eigenvalue weighted by molar-refractivity contribution is 0.0933. The Bertz CT molecular complexity index is 753. The van der Waals surface area contributed by atoms with Crippen molar-refractivity contribution < 1.29 is 9.59 Å². The standard InChI is InChI=1S/C21H25N3O2/c1-24(19-11-7-4-8-12-19)21(26)17-13-16(14-22-15-17)20(25)23-18-9-5-2-3-6-10-18/h4,7-8,11-15,18H,2-3,5-6,9-10H2,1H3,(H,23,25). The molecule has 1 N–H and O–H groups in total. The van der Waals surface area contributed by atoms with Crippen LogP contribution in [0.15, 0.2) is 48.8 Å². The first-order valence-electron chi connectivity index (χ1n) is 9.24. The minimum absolute atomic E-state index is 0.151. The molecule has 5 nitrogen and oxygen atoms in total. The number of para-hydroxylation sites is 1. The molecule has 3 rings (SSSR count). The third-order valence-corrected chi connectivity index (χ3v) is 4.89. The predicted molar refractivity (Wildman–Crippen MR) is 102 cm³/mol. The summed E-state index contributed by atoms with van der Waals surface area (Å²) in [5.74, 6) is -0.339. The van der Waals surface area contributed by atoms with Crippen molar-refractivity contribution in [2.45, 2.75) is 44.6 Å². The van der Waals surface area contributed by atoms with Gasteiger partial charge in [-0.3, -0.25) is 14.6 Å². The minimum atomic E-state index is -0.187. The number of benzene rings is 1. The lowest BCUT2D eigenvalue weighted by Crippen LogP contribution is -2.34. The van der Waals surface area contributed by atoms with Gasteiger partial charge in [0, 0.05) is 31.2 Å². The largest absolute Gasteiger partial charge is 0.349 e. The van der Waals surface area contributed by atoms with E-state index in [2.05, 4.69) is 10.3 Å². The highest BCUT2D eigenvalue weighted by atomic mass is 16.2. The molecule has 1 fully saturated rings. The number of nitrogens with one attached hydrogen (secondary N) is 1. The zero-order valence-corrected chi connectivity index (χ0v) is 15.1. The van der Waals surface area contributed by atoms with E-state index in [4.69, 9.17) is 0 Å². The highest BCUT2D eigenvalue weighted by molar-refractivity contribution is 6.07. The summed E-state index contributed by atoms with van der Waals surface area (Å²) < 4.78 is 0. The molecule has 0 bridgehead atoms. The lowest BCUT2D eigenvalue weighted by atomic mass is 10.1. The van der Waals surface area contributed by atoms with Crippen LogP contribution in [-0.2, 0) is 0 Å². The Labute approximate surface area is 154 Å². The Morgan fingerprint density at radius 3 is 2.35 bits per heavy atom. The van der Waals surface area contributed by atoms with Crippen molar-refractivity contribution in [3.63, 3.8) is 0 Å². The van der Waals surface area contributed by atoms with Crippen LogP contribution < -0.4 is 10.2 Å². The summed E-state index contributed by atoms with van der Waals surface area (Å²) in [7, 11) is 1.72. The molecule has 1 aromatic heterocycles. The number of nitrogens with zero attached hydrogens (tertiary/aromatic N) is 2. The zero-order chi connectivity index (χ0) is 18.4. The molecule has 136 valence electrons. The van der Waals surface area contributed by atoms with Gasteiger partial charge in [0.15, 0.2) is 0 Å². The van der Waals surface area contributed by atoms with Gasteiger partial charge in [0.25, 0.3) is 11.8 Å². The van der Waals surface area contributed by atoms with Crippen LogP contribution in [0.3, 0.4) is 0 Å². The normalized spacial score (nSPS) is 15.1. The second kappa shape index (κ2) is 8.61. The van der Waals surface area contributed by atoms with E-state index < -0.39 is 0 Å². The first kappa shape index (κ1) is 18.1. The first-order chi connectivity index (χ1) is 12.6. The van der Waals surface area contributed by atoms with E-state index in [-0.39, 0.29) is 17.9 Å². The van der Waals surface area contributed by atoms with Crippen molar-refractivity contribution in [2.24, 2.45) is 0 Å². The molecule has 1 heterocycles. The van der Waals surface area contributed by atoms with Crippen LogP contribution in [0.4, 0.5) is 5.69 Å². The van der Waals surface area contributed by atoms with E-state index in [1.807, 2.05) is 30.3 Å². The Kier molecular flexibility index (Phi) is 6.00. The Balaban J connectivity index is 1.71. The molecular formula is C21H25N3O2. The molecule has 0 radical (unpaired) electrons. The van der Waals surface area contributed by atoms with Gasteiger partial charge in [-0.15, -0.1) is 0 Å². The van der Waals surface area contributed by atoms with Crippen molar-refractivity contribution in [3.05, 3.63) is 59.9 Å². The van der Waals surface area contributed by atoms with Crippen LogP contribution in [0.2, 0.25) is 0 Å². The highest BCUT2D eigenvalue weighted by Crippen LogP contribution is 2.18. The van der Waals surface area contributed by atoms with Crippen LogP contribution >= 0.6 is 0 Å². The molecule has 5 heteroatoms. The monoisotopic (exact) mass is 351 g/mol.